The molecule has 0 radical (unpaired) electrons. The third-order valence-corrected chi connectivity index (χ3v) is 5.56. The van der Waals surface area contributed by atoms with Crippen molar-refractivity contribution >= 4 is 28.5 Å². The summed E-state index contributed by atoms with van der Waals surface area (Å²) in [5.74, 6) is -2.33. The molecule has 4 nitrogen and oxygen atoms in total. The first-order valence-electron chi connectivity index (χ1n) is 9.26. The minimum Gasteiger partial charge on any atom is -0.477 e. The van der Waals surface area contributed by atoms with Gasteiger partial charge >= 0.3 is 5.97 Å². The largest absolute Gasteiger partial charge is 0.477 e. The molecule has 1 aromatic heterocycles. The predicted molar refractivity (Wildman–Crippen MR) is 101 cm³/mol. The number of aromatic nitrogens is 1. The van der Waals surface area contributed by atoms with E-state index >= 15 is 0 Å². The van der Waals surface area contributed by atoms with E-state index in [1.54, 1.807) is 4.57 Å². The molecule has 0 aliphatic heterocycles. The van der Waals surface area contributed by atoms with Crippen LogP contribution in [0.4, 0.5) is 8.78 Å². The average molecular weight is 398 g/mol. The monoisotopic (exact) mass is 397 g/mol. The van der Waals surface area contributed by atoms with Gasteiger partial charge in [-0.15, -0.1) is 0 Å². The maximum absolute atomic E-state index is 14.1. The van der Waals surface area contributed by atoms with E-state index in [4.69, 9.17) is 11.6 Å². The van der Waals surface area contributed by atoms with Crippen molar-refractivity contribution in [3.8, 4) is 0 Å². The summed E-state index contributed by atoms with van der Waals surface area (Å²) in [6.07, 6.45) is 2.14. The van der Waals surface area contributed by atoms with Crippen molar-refractivity contribution in [2.75, 3.05) is 0 Å². The summed E-state index contributed by atoms with van der Waals surface area (Å²) in [4.78, 5) is 24.9. The van der Waals surface area contributed by atoms with E-state index in [2.05, 4.69) is 0 Å². The summed E-state index contributed by atoms with van der Waals surface area (Å²) in [6.45, 7) is 3.94. The quantitative estimate of drug-likeness (QED) is 0.674. The van der Waals surface area contributed by atoms with Gasteiger partial charge in [-0.05, 0) is 30.9 Å². The van der Waals surface area contributed by atoms with E-state index in [-0.39, 0.29) is 28.3 Å². The number of hydrogen-bond donors (Lipinski definition) is 1. The summed E-state index contributed by atoms with van der Waals surface area (Å²) in [5, 5.41) is 9.64. The summed E-state index contributed by atoms with van der Waals surface area (Å²) in [6, 6.07) is 1.48. The van der Waals surface area contributed by atoms with Crippen molar-refractivity contribution < 1.29 is 18.7 Å². The van der Waals surface area contributed by atoms with Crippen LogP contribution in [0.5, 0.6) is 0 Å². The maximum Gasteiger partial charge on any atom is 0.341 e. The van der Waals surface area contributed by atoms with Crippen LogP contribution in [-0.2, 0) is 0 Å². The predicted octanol–water partition coefficient (Wildman–Crippen LogP) is 5.46. The number of carboxylic acid groups (broad SMARTS) is 1. The number of halogens is 3. The lowest BCUT2D eigenvalue weighted by Gasteiger charge is -2.25. The van der Waals surface area contributed by atoms with E-state index in [0.717, 1.165) is 25.0 Å². The van der Waals surface area contributed by atoms with E-state index in [9.17, 15) is 23.5 Å². The zero-order valence-electron chi connectivity index (χ0n) is 15.3. The van der Waals surface area contributed by atoms with Gasteiger partial charge in [0.15, 0.2) is 0 Å². The zero-order chi connectivity index (χ0) is 19.9. The van der Waals surface area contributed by atoms with Gasteiger partial charge in [-0.2, -0.15) is 0 Å². The van der Waals surface area contributed by atoms with Crippen LogP contribution in [0.3, 0.4) is 0 Å². The molecule has 1 saturated carbocycles. The van der Waals surface area contributed by atoms with Crippen molar-refractivity contribution in [3.63, 3.8) is 0 Å². The van der Waals surface area contributed by atoms with Crippen molar-refractivity contribution in [3.05, 3.63) is 44.5 Å². The van der Waals surface area contributed by atoms with Crippen molar-refractivity contribution in [2.24, 2.45) is 0 Å². The molecule has 1 aromatic carbocycles. The molecule has 7 heteroatoms. The topological polar surface area (TPSA) is 59.3 Å². The fourth-order valence-corrected chi connectivity index (χ4v) is 4.13. The smallest absolute Gasteiger partial charge is 0.341 e. The average Bonchev–Trinajstić information content (AvgIpc) is 3.32. The number of carbonyl (C=O) groups is 1. The van der Waals surface area contributed by atoms with Gasteiger partial charge in [0.2, 0.25) is 5.43 Å². The number of hydrogen-bond acceptors (Lipinski definition) is 2. The Morgan fingerprint density at radius 2 is 2.07 bits per heavy atom. The summed E-state index contributed by atoms with van der Waals surface area (Å²) in [7, 11) is 0. The highest BCUT2D eigenvalue weighted by Gasteiger charge is 2.43. The molecule has 0 spiro atoms. The minimum atomic E-state index is -1.38. The number of pyridine rings is 1. The normalized spacial score (nSPS) is 20.0. The third kappa shape index (κ3) is 3.47. The summed E-state index contributed by atoms with van der Waals surface area (Å²) >= 11 is 6.25. The number of benzene rings is 1. The van der Waals surface area contributed by atoms with Crippen LogP contribution >= 0.6 is 11.6 Å². The Hall–Kier alpha value is -1.95. The zero-order valence-corrected chi connectivity index (χ0v) is 16.0. The first kappa shape index (κ1) is 19.8. The fourth-order valence-electron chi connectivity index (χ4n) is 3.83. The van der Waals surface area contributed by atoms with Crippen LogP contribution < -0.4 is 5.43 Å². The van der Waals surface area contributed by atoms with Crippen LogP contribution in [0.2, 0.25) is 5.02 Å². The van der Waals surface area contributed by atoms with E-state index in [0.29, 0.717) is 18.5 Å². The molecule has 0 amide bonds. The van der Waals surface area contributed by atoms with Gasteiger partial charge < -0.3 is 9.67 Å². The lowest BCUT2D eigenvalue weighted by atomic mass is 9.90. The number of alkyl halides is 1. The van der Waals surface area contributed by atoms with Gasteiger partial charge in [-0.25, -0.2) is 13.6 Å². The molecule has 3 atom stereocenters. The molecule has 1 aliphatic carbocycles. The molecule has 3 rings (SSSR count). The van der Waals surface area contributed by atoms with Crippen LogP contribution in [0.1, 0.15) is 74.0 Å². The van der Waals surface area contributed by atoms with Gasteiger partial charge in [-0.1, -0.05) is 38.3 Å². The summed E-state index contributed by atoms with van der Waals surface area (Å²) < 4.78 is 29.5. The molecule has 0 bridgehead atoms. The van der Waals surface area contributed by atoms with Crippen molar-refractivity contribution in [1.82, 2.24) is 4.57 Å². The highest BCUT2D eigenvalue weighted by molar-refractivity contribution is 6.35. The number of aromatic carboxylic acids is 1. The molecular weight excluding hydrogens is 376 g/mol. The third-order valence-electron chi connectivity index (χ3n) is 5.27. The lowest BCUT2D eigenvalue weighted by molar-refractivity contribution is 0.0692. The summed E-state index contributed by atoms with van der Waals surface area (Å²) in [5.41, 5.74) is -0.625. The number of unbranched alkanes of at least 4 members (excludes halogenated alkanes) is 1. The Morgan fingerprint density at radius 1 is 1.41 bits per heavy atom. The molecular formula is C20H22ClF2NO3. The second-order valence-corrected chi connectivity index (χ2v) is 7.52. The fraction of sp³-hybridized carbons (Fsp3) is 0.500. The van der Waals surface area contributed by atoms with Crippen LogP contribution in [0.25, 0.3) is 10.9 Å². The molecule has 2 aromatic rings. The molecule has 1 heterocycles. The molecule has 1 N–H and O–H groups in total. The number of nitrogens with zero attached hydrogens (tertiary/aromatic N) is 1. The highest BCUT2D eigenvalue weighted by Crippen LogP contribution is 2.45. The molecule has 1 unspecified atom stereocenters. The number of fused-ring (bicyclic) bond motifs is 1. The SMILES string of the molecule is CCCCC(CC)c1c(C(=O)O)c(=O)c2cc(F)cc(Cl)c2n1[C@@H]1C[C@@H]1F. The first-order valence-corrected chi connectivity index (χ1v) is 9.64. The van der Waals surface area contributed by atoms with Crippen molar-refractivity contribution in [2.45, 2.75) is 64.1 Å². The van der Waals surface area contributed by atoms with Crippen LogP contribution in [0.15, 0.2) is 16.9 Å². The van der Waals surface area contributed by atoms with Gasteiger partial charge in [0.05, 0.1) is 22.0 Å². The number of rotatable bonds is 7. The Kier molecular flexibility index (Phi) is 5.56. The standard InChI is InChI=1S/C20H22ClF2NO3/c1-3-5-6-10(4-2)17-16(20(26)27)19(25)12-7-11(22)8-13(21)18(12)24(17)15-9-14(15)23/h7-8,10,14-15H,3-6,9H2,1-2H3,(H,26,27)/t10?,14-,15+/m0/s1. The Morgan fingerprint density at radius 3 is 2.59 bits per heavy atom. The molecule has 1 fully saturated rings. The Balaban J connectivity index is 2.45. The van der Waals surface area contributed by atoms with Crippen LogP contribution in [-0.4, -0.2) is 21.8 Å². The highest BCUT2D eigenvalue weighted by atomic mass is 35.5. The van der Waals surface area contributed by atoms with Gasteiger partial charge in [-0.3, -0.25) is 4.79 Å². The molecule has 146 valence electrons. The van der Waals surface area contributed by atoms with Gasteiger partial charge in [0, 0.05) is 12.1 Å². The second-order valence-electron chi connectivity index (χ2n) is 7.11. The van der Waals surface area contributed by atoms with Crippen LogP contribution in [0, 0.1) is 5.82 Å². The van der Waals surface area contributed by atoms with Gasteiger partial charge in [0.25, 0.3) is 0 Å². The molecule has 27 heavy (non-hydrogen) atoms. The van der Waals surface area contributed by atoms with E-state index in [1.807, 2.05) is 13.8 Å². The first-order chi connectivity index (χ1) is 12.8. The van der Waals surface area contributed by atoms with E-state index < -0.39 is 35.0 Å². The molecule has 0 saturated heterocycles. The van der Waals surface area contributed by atoms with E-state index in [1.165, 1.54) is 0 Å². The Labute approximate surface area is 160 Å². The molecule has 1 aliphatic rings. The second kappa shape index (κ2) is 7.58. The minimum absolute atomic E-state index is 0.00951. The maximum atomic E-state index is 14.1. The number of carboxylic acids is 1. The van der Waals surface area contributed by atoms with Gasteiger partial charge in [0.1, 0.15) is 17.6 Å². The lowest BCUT2D eigenvalue weighted by Crippen LogP contribution is -2.27. The van der Waals surface area contributed by atoms with Crippen molar-refractivity contribution in [1.29, 1.82) is 0 Å². The Bertz CT molecular complexity index is 957.